The fraction of sp³-hybridized carbons (Fsp3) is 0.143. The second-order valence-corrected chi connectivity index (χ2v) is 1.71. The van der Waals surface area contributed by atoms with Gasteiger partial charge in [0.2, 0.25) is 0 Å². The van der Waals surface area contributed by atoms with E-state index in [0.29, 0.717) is 0 Å². The first-order valence-electron chi connectivity index (χ1n) is 2.93. The summed E-state index contributed by atoms with van der Waals surface area (Å²) in [5.74, 6) is -0.449. The lowest BCUT2D eigenvalue weighted by Gasteiger charge is -1.87. The van der Waals surface area contributed by atoms with E-state index < -0.39 is 5.82 Å². The molecule has 0 saturated heterocycles. The molecule has 0 aliphatic rings. The fourth-order valence-corrected chi connectivity index (χ4v) is 0.542. The topological polar surface area (TPSA) is 0 Å². The summed E-state index contributed by atoms with van der Waals surface area (Å²) in [5, 5.41) is 0. The van der Waals surface area contributed by atoms with Crippen molar-refractivity contribution in [3.05, 3.63) is 35.6 Å². The van der Waals surface area contributed by atoms with Gasteiger partial charge in [0.1, 0.15) is 5.82 Å². The monoisotopic (exact) mass is 111 g/mol. The van der Waals surface area contributed by atoms with Crippen molar-refractivity contribution < 1.29 is 5.76 Å². The van der Waals surface area contributed by atoms with Crippen molar-refractivity contribution in [2.45, 2.75) is 6.92 Å². The van der Waals surface area contributed by atoms with Crippen LogP contribution < -0.4 is 0 Å². The Morgan fingerprint density at radius 2 is 2.50 bits per heavy atom. The van der Waals surface area contributed by atoms with E-state index in [2.05, 4.69) is 0 Å². The van der Waals surface area contributed by atoms with E-state index in [1.165, 1.54) is 12.1 Å². The molecule has 1 rings (SSSR count). The highest BCUT2D eigenvalue weighted by Gasteiger charge is 1.84. The third-order valence-electron chi connectivity index (χ3n) is 0.922. The number of aryl methyl sites for hydroxylation is 1. The Morgan fingerprint density at radius 3 is 3.00 bits per heavy atom. The zero-order valence-electron chi connectivity index (χ0n) is 5.61. The zero-order valence-corrected chi connectivity index (χ0v) is 4.61. The number of halogens is 1. The predicted molar refractivity (Wildman–Crippen MR) is 31.1 cm³/mol. The molecule has 0 heterocycles. The molecule has 0 fully saturated rings. The lowest BCUT2D eigenvalue weighted by Crippen LogP contribution is -1.72. The van der Waals surface area contributed by atoms with Crippen LogP contribution in [0.3, 0.4) is 0 Å². The Balaban J connectivity index is 3.17. The third kappa shape index (κ3) is 1.06. The molecule has 0 nitrogen and oxygen atoms in total. The van der Waals surface area contributed by atoms with Crippen LogP contribution >= 0.6 is 0 Å². The SMILES string of the molecule is [2H]c1ccc(C)cc1F. The second kappa shape index (κ2) is 1.95. The van der Waals surface area contributed by atoms with Crippen LogP contribution in [0, 0.1) is 12.7 Å². The first kappa shape index (κ1) is 4.07. The quantitative estimate of drug-likeness (QED) is 0.481. The Morgan fingerprint density at radius 1 is 1.75 bits per heavy atom. The molecule has 1 heteroatoms. The molecule has 0 N–H and O–H groups in total. The molecular formula is C7H7F. The van der Waals surface area contributed by atoms with E-state index >= 15 is 0 Å². The molecule has 1 aromatic carbocycles. The summed E-state index contributed by atoms with van der Waals surface area (Å²) in [6.07, 6.45) is 0. The number of hydrogen-bond donors (Lipinski definition) is 0. The largest absolute Gasteiger partial charge is 0.207 e. The molecule has 0 radical (unpaired) electrons. The number of rotatable bonds is 0. The maximum atomic E-state index is 12.4. The van der Waals surface area contributed by atoms with Crippen molar-refractivity contribution >= 4 is 0 Å². The van der Waals surface area contributed by atoms with Crippen LogP contribution in [0.2, 0.25) is 0 Å². The zero-order chi connectivity index (χ0) is 6.85. The summed E-state index contributed by atoms with van der Waals surface area (Å²) < 4.78 is 19.3. The molecule has 0 saturated carbocycles. The van der Waals surface area contributed by atoms with Crippen molar-refractivity contribution in [3.63, 3.8) is 0 Å². The lowest BCUT2D eigenvalue weighted by molar-refractivity contribution is 0.626. The van der Waals surface area contributed by atoms with Crippen molar-refractivity contribution in [3.8, 4) is 0 Å². The van der Waals surface area contributed by atoms with Gasteiger partial charge in [0.15, 0.2) is 0 Å². The molecule has 0 amide bonds. The average molecular weight is 111 g/mol. The normalized spacial score (nSPS) is 11.0. The van der Waals surface area contributed by atoms with Gasteiger partial charge in [0.25, 0.3) is 0 Å². The smallest absolute Gasteiger partial charge is 0.123 e. The van der Waals surface area contributed by atoms with E-state index in [1.54, 1.807) is 13.0 Å². The maximum absolute atomic E-state index is 12.4. The Hall–Kier alpha value is -0.850. The van der Waals surface area contributed by atoms with Gasteiger partial charge in [-0.2, -0.15) is 0 Å². The van der Waals surface area contributed by atoms with Crippen LogP contribution in [-0.2, 0) is 0 Å². The maximum Gasteiger partial charge on any atom is 0.123 e. The van der Waals surface area contributed by atoms with Crippen LogP contribution in [-0.4, -0.2) is 0 Å². The third-order valence-corrected chi connectivity index (χ3v) is 0.922. The van der Waals surface area contributed by atoms with Gasteiger partial charge in [-0.25, -0.2) is 4.39 Å². The summed E-state index contributed by atoms with van der Waals surface area (Å²) in [5.41, 5.74) is 0.850. The Labute approximate surface area is 49.4 Å². The van der Waals surface area contributed by atoms with Gasteiger partial charge in [-0.15, -0.1) is 0 Å². The standard InChI is InChI=1S/C7H7F/c1-6-3-2-4-7(8)5-6/h2-5H,1H3/i4D. The van der Waals surface area contributed by atoms with Crippen LogP contribution in [0.15, 0.2) is 24.2 Å². The highest BCUT2D eigenvalue weighted by molar-refractivity contribution is 5.13. The molecule has 0 unspecified atom stereocenters. The highest BCUT2D eigenvalue weighted by Crippen LogP contribution is 1.99. The minimum absolute atomic E-state index is 0.0411. The van der Waals surface area contributed by atoms with E-state index in [-0.39, 0.29) is 6.04 Å². The molecule has 42 valence electrons. The molecule has 1 aromatic rings. The minimum atomic E-state index is -0.449. The summed E-state index contributed by atoms with van der Waals surface area (Å²) in [6.45, 7) is 1.79. The Kier molecular flexibility index (Phi) is 0.992. The summed E-state index contributed by atoms with van der Waals surface area (Å²) in [6, 6.07) is 4.47. The van der Waals surface area contributed by atoms with Crippen molar-refractivity contribution in [2.24, 2.45) is 0 Å². The second-order valence-electron chi connectivity index (χ2n) is 1.71. The van der Waals surface area contributed by atoms with Gasteiger partial charge in [-0.05, 0) is 24.6 Å². The van der Waals surface area contributed by atoms with Gasteiger partial charge < -0.3 is 0 Å². The number of benzene rings is 1. The van der Waals surface area contributed by atoms with Gasteiger partial charge in [0.05, 0.1) is 1.37 Å². The highest BCUT2D eigenvalue weighted by atomic mass is 19.1. The summed E-state index contributed by atoms with van der Waals surface area (Å²) >= 11 is 0. The van der Waals surface area contributed by atoms with Crippen LogP contribution in [0.25, 0.3) is 0 Å². The van der Waals surface area contributed by atoms with Gasteiger partial charge in [-0.1, -0.05) is 12.1 Å². The Bertz CT molecular complexity index is 220. The van der Waals surface area contributed by atoms with Crippen LogP contribution in [0.5, 0.6) is 0 Å². The van der Waals surface area contributed by atoms with Crippen molar-refractivity contribution in [1.82, 2.24) is 0 Å². The molecule has 0 bridgehead atoms. The minimum Gasteiger partial charge on any atom is -0.207 e. The van der Waals surface area contributed by atoms with Crippen LogP contribution in [0.1, 0.15) is 6.93 Å². The fourth-order valence-electron chi connectivity index (χ4n) is 0.542. The van der Waals surface area contributed by atoms with E-state index in [4.69, 9.17) is 1.37 Å². The molecular weight excluding hydrogens is 103 g/mol. The molecule has 0 spiro atoms. The predicted octanol–water partition coefficient (Wildman–Crippen LogP) is 2.13. The van der Waals surface area contributed by atoms with Crippen molar-refractivity contribution in [2.75, 3.05) is 0 Å². The molecule has 0 aromatic heterocycles. The molecule has 8 heavy (non-hydrogen) atoms. The first-order valence-corrected chi connectivity index (χ1v) is 2.43. The van der Waals surface area contributed by atoms with Gasteiger partial charge in [0, 0.05) is 0 Å². The van der Waals surface area contributed by atoms with Gasteiger partial charge in [-0.3, -0.25) is 0 Å². The molecule has 0 aliphatic heterocycles. The summed E-state index contributed by atoms with van der Waals surface area (Å²) in [7, 11) is 0. The average Bonchev–Trinajstić information content (AvgIpc) is 1.80. The molecule has 0 atom stereocenters. The first-order chi connectivity index (χ1) is 4.20. The number of hydrogen-bond acceptors (Lipinski definition) is 0. The molecule has 0 aliphatic carbocycles. The van der Waals surface area contributed by atoms with Crippen molar-refractivity contribution in [1.29, 1.82) is 0 Å². The van der Waals surface area contributed by atoms with E-state index in [0.717, 1.165) is 5.56 Å². The van der Waals surface area contributed by atoms with E-state index in [1.807, 2.05) is 0 Å². The van der Waals surface area contributed by atoms with E-state index in [9.17, 15) is 4.39 Å². The lowest BCUT2D eigenvalue weighted by atomic mass is 10.2. The van der Waals surface area contributed by atoms with Crippen LogP contribution in [0.4, 0.5) is 4.39 Å². The van der Waals surface area contributed by atoms with Gasteiger partial charge >= 0.3 is 0 Å². The summed E-state index contributed by atoms with van der Waals surface area (Å²) in [4.78, 5) is 0.